The molecule has 0 aliphatic heterocycles. The third-order valence-electron chi connectivity index (χ3n) is 1.66. The zero-order valence-corrected chi connectivity index (χ0v) is 7.65. The summed E-state index contributed by atoms with van der Waals surface area (Å²) in [5.74, 6) is -0.422. The average molecular weight is 191 g/mol. The van der Waals surface area contributed by atoms with Crippen LogP contribution in [0.1, 0.15) is 11.3 Å². The number of carbonyl (C=O) groups is 1. The number of hydrogen-bond donors (Lipinski definition) is 1. The SMILES string of the molecule is COC(=O)Cc1cc(N)cnc1C#N. The Labute approximate surface area is 81.1 Å². The molecule has 72 valence electrons. The number of pyridine rings is 1. The molecular weight excluding hydrogens is 182 g/mol. The maximum absolute atomic E-state index is 11.0. The van der Waals surface area contributed by atoms with Crippen LogP contribution >= 0.6 is 0 Å². The van der Waals surface area contributed by atoms with E-state index in [1.807, 2.05) is 6.07 Å². The van der Waals surface area contributed by atoms with Crippen LogP contribution in [-0.4, -0.2) is 18.1 Å². The summed E-state index contributed by atoms with van der Waals surface area (Å²) in [6.45, 7) is 0. The van der Waals surface area contributed by atoms with Gasteiger partial charge in [0.15, 0.2) is 0 Å². The third-order valence-corrected chi connectivity index (χ3v) is 1.66. The van der Waals surface area contributed by atoms with E-state index >= 15 is 0 Å². The molecule has 1 rings (SSSR count). The minimum Gasteiger partial charge on any atom is -0.469 e. The molecular formula is C9H9N3O2. The van der Waals surface area contributed by atoms with Gasteiger partial charge >= 0.3 is 5.97 Å². The highest BCUT2D eigenvalue weighted by molar-refractivity contribution is 5.73. The molecule has 1 aromatic heterocycles. The largest absolute Gasteiger partial charge is 0.469 e. The zero-order chi connectivity index (χ0) is 10.6. The van der Waals surface area contributed by atoms with Crippen molar-refractivity contribution in [1.29, 1.82) is 5.26 Å². The summed E-state index contributed by atoms with van der Waals surface area (Å²) >= 11 is 0. The van der Waals surface area contributed by atoms with Gasteiger partial charge in [0.2, 0.25) is 0 Å². The molecule has 0 spiro atoms. The number of nitrogen functional groups attached to an aromatic ring is 1. The number of anilines is 1. The van der Waals surface area contributed by atoms with Crippen LogP contribution in [0.4, 0.5) is 5.69 Å². The number of rotatable bonds is 2. The molecule has 0 aliphatic rings. The molecule has 0 amide bonds. The minimum atomic E-state index is -0.422. The normalized spacial score (nSPS) is 9.14. The summed E-state index contributed by atoms with van der Waals surface area (Å²) in [5.41, 5.74) is 6.58. The maximum atomic E-state index is 11.0. The van der Waals surface area contributed by atoms with Crippen molar-refractivity contribution in [2.75, 3.05) is 12.8 Å². The van der Waals surface area contributed by atoms with E-state index in [0.29, 0.717) is 11.3 Å². The number of nitrogens with zero attached hydrogens (tertiary/aromatic N) is 2. The van der Waals surface area contributed by atoms with Crippen LogP contribution < -0.4 is 5.73 Å². The molecule has 0 aromatic carbocycles. The van der Waals surface area contributed by atoms with Gasteiger partial charge in [0.05, 0.1) is 25.4 Å². The van der Waals surface area contributed by atoms with Gasteiger partial charge in [0.1, 0.15) is 11.8 Å². The van der Waals surface area contributed by atoms with Crippen LogP contribution in [0.15, 0.2) is 12.3 Å². The van der Waals surface area contributed by atoms with Gasteiger partial charge in [-0.25, -0.2) is 4.98 Å². The molecule has 1 heterocycles. The lowest BCUT2D eigenvalue weighted by Crippen LogP contribution is -2.07. The summed E-state index contributed by atoms with van der Waals surface area (Å²) in [5, 5.41) is 8.69. The van der Waals surface area contributed by atoms with Gasteiger partial charge in [0.25, 0.3) is 0 Å². The topological polar surface area (TPSA) is 89.0 Å². The molecule has 0 saturated carbocycles. The Bertz CT molecular complexity index is 396. The summed E-state index contributed by atoms with van der Waals surface area (Å²) < 4.78 is 4.48. The van der Waals surface area contributed by atoms with Crippen molar-refractivity contribution in [2.24, 2.45) is 0 Å². The second kappa shape index (κ2) is 4.23. The minimum absolute atomic E-state index is 0.0113. The Hall–Kier alpha value is -2.09. The Morgan fingerprint density at radius 1 is 1.79 bits per heavy atom. The summed E-state index contributed by atoms with van der Waals surface area (Å²) in [4.78, 5) is 14.8. The van der Waals surface area contributed by atoms with Crippen LogP contribution in [0.2, 0.25) is 0 Å². The second-order valence-corrected chi connectivity index (χ2v) is 2.64. The smallest absolute Gasteiger partial charge is 0.310 e. The van der Waals surface area contributed by atoms with E-state index in [4.69, 9.17) is 11.0 Å². The van der Waals surface area contributed by atoms with Crippen LogP contribution in [0.5, 0.6) is 0 Å². The predicted molar refractivity (Wildman–Crippen MR) is 49.1 cm³/mol. The Morgan fingerprint density at radius 2 is 2.50 bits per heavy atom. The molecule has 1 aromatic rings. The van der Waals surface area contributed by atoms with Crippen LogP contribution in [0.3, 0.4) is 0 Å². The lowest BCUT2D eigenvalue weighted by Gasteiger charge is -2.02. The van der Waals surface area contributed by atoms with Crippen molar-refractivity contribution < 1.29 is 9.53 Å². The van der Waals surface area contributed by atoms with Crippen LogP contribution in [-0.2, 0) is 16.0 Å². The van der Waals surface area contributed by atoms with Crippen LogP contribution in [0.25, 0.3) is 0 Å². The molecule has 2 N–H and O–H groups in total. The molecule has 0 atom stereocenters. The van der Waals surface area contributed by atoms with E-state index < -0.39 is 5.97 Å². The van der Waals surface area contributed by atoms with E-state index in [1.165, 1.54) is 13.3 Å². The van der Waals surface area contributed by atoms with E-state index in [9.17, 15) is 4.79 Å². The molecule has 0 aliphatic carbocycles. The number of methoxy groups -OCH3 is 1. The molecule has 0 fully saturated rings. The molecule has 0 radical (unpaired) electrons. The standard InChI is InChI=1S/C9H9N3O2/c1-14-9(13)3-6-2-7(11)5-12-8(6)4-10/h2,5H,3,11H2,1H3. The van der Waals surface area contributed by atoms with E-state index in [2.05, 4.69) is 9.72 Å². The van der Waals surface area contributed by atoms with Gasteiger partial charge in [-0.3, -0.25) is 4.79 Å². The monoisotopic (exact) mass is 191 g/mol. The second-order valence-electron chi connectivity index (χ2n) is 2.64. The molecule has 0 bridgehead atoms. The predicted octanol–water partition coefficient (Wildman–Crippen LogP) is 0.251. The fraction of sp³-hybridized carbons (Fsp3) is 0.222. The molecule has 5 heteroatoms. The number of carbonyl (C=O) groups excluding carboxylic acids is 1. The highest BCUT2D eigenvalue weighted by atomic mass is 16.5. The fourth-order valence-electron chi connectivity index (χ4n) is 0.992. The Balaban J connectivity index is 3.00. The number of hydrogen-bond acceptors (Lipinski definition) is 5. The number of nitriles is 1. The third kappa shape index (κ3) is 2.20. The molecule has 0 unspecified atom stereocenters. The van der Waals surface area contributed by atoms with Gasteiger partial charge < -0.3 is 10.5 Å². The summed E-state index contributed by atoms with van der Waals surface area (Å²) in [6, 6.07) is 3.42. The first-order valence-corrected chi connectivity index (χ1v) is 3.88. The Morgan fingerprint density at radius 3 is 3.07 bits per heavy atom. The van der Waals surface area contributed by atoms with Crippen molar-refractivity contribution >= 4 is 11.7 Å². The van der Waals surface area contributed by atoms with Crippen molar-refractivity contribution in [3.05, 3.63) is 23.5 Å². The quantitative estimate of drug-likeness (QED) is 0.677. The highest BCUT2D eigenvalue weighted by Crippen LogP contribution is 2.10. The van der Waals surface area contributed by atoms with Crippen molar-refractivity contribution in [2.45, 2.75) is 6.42 Å². The van der Waals surface area contributed by atoms with Gasteiger partial charge in [-0.15, -0.1) is 0 Å². The zero-order valence-electron chi connectivity index (χ0n) is 7.65. The lowest BCUT2D eigenvalue weighted by atomic mass is 10.1. The van der Waals surface area contributed by atoms with Gasteiger partial charge in [-0.2, -0.15) is 5.26 Å². The van der Waals surface area contributed by atoms with E-state index in [-0.39, 0.29) is 12.1 Å². The first-order valence-electron chi connectivity index (χ1n) is 3.88. The lowest BCUT2D eigenvalue weighted by molar-refractivity contribution is -0.139. The number of aromatic nitrogens is 1. The number of esters is 1. The summed E-state index contributed by atoms with van der Waals surface area (Å²) in [7, 11) is 1.29. The van der Waals surface area contributed by atoms with Crippen molar-refractivity contribution in [3.8, 4) is 6.07 Å². The van der Waals surface area contributed by atoms with E-state index in [1.54, 1.807) is 6.07 Å². The van der Waals surface area contributed by atoms with Gasteiger partial charge in [0, 0.05) is 5.56 Å². The fourth-order valence-corrected chi connectivity index (χ4v) is 0.992. The van der Waals surface area contributed by atoms with Crippen molar-refractivity contribution in [3.63, 3.8) is 0 Å². The van der Waals surface area contributed by atoms with Crippen molar-refractivity contribution in [1.82, 2.24) is 4.98 Å². The summed E-state index contributed by atoms with van der Waals surface area (Å²) in [6.07, 6.45) is 1.39. The van der Waals surface area contributed by atoms with E-state index in [0.717, 1.165) is 0 Å². The van der Waals surface area contributed by atoms with Crippen LogP contribution in [0, 0.1) is 11.3 Å². The molecule has 0 saturated heterocycles. The van der Waals surface area contributed by atoms with Gasteiger partial charge in [-0.1, -0.05) is 0 Å². The first-order chi connectivity index (χ1) is 6.67. The molecule has 14 heavy (non-hydrogen) atoms. The highest BCUT2D eigenvalue weighted by Gasteiger charge is 2.09. The first kappa shape index (κ1) is 9.99. The number of ether oxygens (including phenoxy) is 1. The average Bonchev–Trinajstić information content (AvgIpc) is 2.18. The maximum Gasteiger partial charge on any atom is 0.310 e. The molecule has 5 nitrogen and oxygen atoms in total. The Kier molecular flexibility index (Phi) is 3.02. The van der Waals surface area contributed by atoms with Gasteiger partial charge in [-0.05, 0) is 6.07 Å². The number of nitrogens with two attached hydrogens (primary N) is 1.